The van der Waals surface area contributed by atoms with Crippen molar-refractivity contribution in [3.63, 3.8) is 0 Å². The van der Waals surface area contributed by atoms with Crippen molar-refractivity contribution >= 4 is 21.4 Å². The predicted octanol–water partition coefficient (Wildman–Crippen LogP) is 5.36. The van der Waals surface area contributed by atoms with E-state index in [9.17, 15) is 17.6 Å². The van der Waals surface area contributed by atoms with E-state index in [2.05, 4.69) is 0 Å². The van der Waals surface area contributed by atoms with E-state index in [4.69, 9.17) is 0 Å². The molecule has 2 aromatic rings. The molecule has 0 aliphatic heterocycles. The average molecular weight is 276 g/mol. The van der Waals surface area contributed by atoms with Gasteiger partial charge in [0.05, 0.1) is 5.56 Å². The molecule has 0 nitrogen and oxygen atoms in total. The van der Waals surface area contributed by atoms with Gasteiger partial charge in [-0.15, -0.1) is 11.3 Å². The van der Waals surface area contributed by atoms with E-state index in [1.165, 1.54) is 6.07 Å². The molecule has 0 radical (unpaired) electrons. The Balaban J connectivity index is 2.82. The summed E-state index contributed by atoms with van der Waals surface area (Å²) in [6.07, 6.45) is -4.53. The average Bonchev–Trinajstić information content (AvgIpc) is 2.57. The molecule has 0 bridgehead atoms. The van der Waals surface area contributed by atoms with Crippen LogP contribution in [0.4, 0.5) is 17.6 Å². The Hall–Kier alpha value is -1.10. The maximum Gasteiger partial charge on any atom is 0.417 e. The normalized spacial score (nSPS) is 13.3. The van der Waals surface area contributed by atoms with Crippen LogP contribution in [-0.2, 0) is 11.6 Å². The number of thiophene rings is 1. The molecule has 1 heterocycles. The molecule has 0 atom stereocenters. The maximum atomic E-state index is 13.4. The molecule has 1 aromatic carbocycles. The van der Waals surface area contributed by atoms with E-state index >= 15 is 0 Å². The zero-order valence-electron chi connectivity index (χ0n) is 10.2. The van der Waals surface area contributed by atoms with Crippen molar-refractivity contribution in [2.24, 2.45) is 0 Å². The lowest BCUT2D eigenvalue weighted by molar-refractivity contribution is -0.136. The van der Waals surface area contributed by atoms with Gasteiger partial charge in [0.2, 0.25) is 0 Å². The molecule has 1 aromatic heterocycles. The van der Waals surface area contributed by atoms with Crippen molar-refractivity contribution < 1.29 is 17.6 Å². The highest BCUT2D eigenvalue weighted by molar-refractivity contribution is 7.17. The van der Waals surface area contributed by atoms with Crippen molar-refractivity contribution in [2.45, 2.75) is 32.4 Å². The molecular weight excluding hydrogens is 264 g/mol. The minimum absolute atomic E-state index is 0.105. The second-order valence-electron chi connectivity index (χ2n) is 5.23. The summed E-state index contributed by atoms with van der Waals surface area (Å²) in [6.45, 7) is 5.69. The summed E-state index contributed by atoms with van der Waals surface area (Å²) in [5, 5.41) is 2.04. The molecular formula is C13H12F4S. The highest BCUT2D eigenvalue weighted by Gasteiger charge is 2.35. The molecule has 0 saturated carbocycles. The molecule has 5 heteroatoms. The van der Waals surface area contributed by atoms with Gasteiger partial charge in [-0.25, -0.2) is 4.39 Å². The number of halogens is 4. The summed E-state index contributed by atoms with van der Waals surface area (Å²) >= 11 is 1.02. The molecule has 0 N–H and O–H groups in total. The zero-order valence-corrected chi connectivity index (χ0v) is 11.0. The number of fused-ring (bicyclic) bond motifs is 1. The Morgan fingerprint density at radius 2 is 1.61 bits per heavy atom. The molecule has 0 fully saturated rings. The molecule has 0 aliphatic carbocycles. The lowest BCUT2D eigenvalue weighted by atomic mass is 9.86. The number of rotatable bonds is 0. The van der Waals surface area contributed by atoms with Crippen LogP contribution in [0.3, 0.4) is 0 Å². The SMILES string of the molecule is CC(C)(C)c1csc2c(C(F)(F)F)cc(F)cc12. The van der Waals surface area contributed by atoms with Crippen LogP contribution in [0.15, 0.2) is 17.5 Å². The van der Waals surface area contributed by atoms with Crippen LogP contribution in [-0.4, -0.2) is 0 Å². The zero-order chi connectivity index (χ0) is 13.7. The van der Waals surface area contributed by atoms with Crippen molar-refractivity contribution in [1.29, 1.82) is 0 Å². The fourth-order valence-electron chi connectivity index (χ4n) is 1.89. The summed E-state index contributed by atoms with van der Waals surface area (Å²) in [4.78, 5) is 0. The minimum atomic E-state index is -4.53. The first-order chi connectivity index (χ1) is 8.10. The van der Waals surface area contributed by atoms with Crippen LogP contribution in [0, 0.1) is 5.82 Å². The van der Waals surface area contributed by atoms with Gasteiger partial charge in [-0.1, -0.05) is 20.8 Å². The monoisotopic (exact) mass is 276 g/mol. The van der Waals surface area contributed by atoms with E-state index in [-0.39, 0.29) is 10.1 Å². The van der Waals surface area contributed by atoms with E-state index in [1.807, 2.05) is 20.8 Å². The molecule has 2 rings (SSSR count). The van der Waals surface area contributed by atoms with E-state index in [0.29, 0.717) is 11.5 Å². The van der Waals surface area contributed by atoms with Gasteiger partial charge < -0.3 is 0 Å². The van der Waals surface area contributed by atoms with Crippen LogP contribution in [0.1, 0.15) is 31.9 Å². The molecule has 0 aliphatic rings. The van der Waals surface area contributed by atoms with Gasteiger partial charge in [0.1, 0.15) is 5.82 Å². The van der Waals surface area contributed by atoms with Gasteiger partial charge in [-0.05, 0) is 33.9 Å². The minimum Gasteiger partial charge on any atom is -0.207 e. The molecule has 0 saturated heterocycles. The number of alkyl halides is 3. The van der Waals surface area contributed by atoms with Gasteiger partial charge >= 0.3 is 6.18 Å². The van der Waals surface area contributed by atoms with Crippen LogP contribution in [0.5, 0.6) is 0 Å². The lowest BCUT2D eigenvalue weighted by Gasteiger charge is -2.18. The summed E-state index contributed by atoms with van der Waals surface area (Å²) < 4.78 is 52.0. The second kappa shape index (κ2) is 3.95. The van der Waals surface area contributed by atoms with E-state index in [0.717, 1.165) is 16.9 Å². The predicted molar refractivity (Wildman–Crippen MR) is 65.5 cm³/mol. The Kier molecular flexibility index (Phi) is 2.93. The highest BCUT2D eigenvalue weighted by atomic mass is 32.1. The Bertz CT molecular complexity index is 587. The largest absolute Gasteiger partial charge is 0.417 e. The first-order valence-electron chi connectivity index (χ1n) is 5.39. The quantitative estimate of drug-likeness (QED) is 0.568. The fraction of sp³-hybridized carbons (Fsp3) is 0.385. The first kappa shape index (κ1) is 13.3. The van der Waals surface area contributed by atoms with Gasteiger partial charge in [-0.2, -0.15) is 13.2 Å². The van der Waals surface area contributed by atoms with E-state index < -0.39 is 17.6 Å². The third-order valence-corrected chi connectivity index (χ3v) is 3.78. The van der Waals surface area contributed by atoms with Crippen molar-refractivity contribution in [3.8, 4) is 0 Å². The Morgan fingerprint density at radius 1 is 1.00 bits per heavy atom. The van der Waals surface area contributed by atoms with Crippen LogP contribution < -0.4 is 0 Å². The van der Waals surface area contributed by atoms with Crippen LogP contribution in [0.2, 0.25) is 0 Å². The topological polar surface area (TPSA) is 0 Å². The van der Waals surface area contributed by atoms with E-state index in [1.54, 1.807) is 5.38 Å². The number of hydrogen-bond donors (Lipinski definition) is 0. The standard InChI is InChI=1S/C13H12F4S/c1-12(2,3)10-6-18-11-8(10)4-7(14)5-9(11)13(15,16)17/h4-6H,1-3H3. The fourth-order valence-corrected chi connectivity index (χ4v) is 3.21. The van der Waals surface area contributed by atoms with Crippen molar-refractivity contribution in [2.75, 3.05) is 0 Å². The third kappa shape index (κ3) is 2.23. The summed E-state index contributed by atoms with van der Waals surface area (Å²) in [7, 11) is 0. The summed E-state index contributed by atoms with van der Waals surface area (Å²) in [5.41, 5.74) is -0.458. The first-order valence-corrected chi connectivity index (χ1v) is 6.27. The second-order valence-corrected chi connectivity index (χ2v) is 6.11. The molecule has 0 amide bonds. The van der Waals surface area contributed by atoms with Crippen LogP contribution >= 0.6 is 11.3 Å². The van der Waals surface area contributed by atoms with Gasteiger partial charge in [0.25, 0.3) is 0 Å². The van der Waals surface area contributed by atoms with Crippen molar-refractivity contribution in [3.05, 3.63) is 34.5 Å². The highest BCUT2D eigenvalue weighted by Crippen LogP contribution is 2.42. The van der Waals surface area contributed by atoms with Gasteiger partial charge in [-0.3, -0.25) is 0 Å². The third-order valence-electron chi connectivity index (χ3n) is 2.75. The van der Waals surface area contributed by atoms with Crippen molar-refractivity contribution in [1.82, 2.24) is 0 Å². The van der Waals surface area contributed by atoms with Gasteiger partial charge in [0.15, 0.2) is 0 Å². The smallest absolute Gasteiger partial charge is 0.207 e. The number of benzene rings is 1. The Morgan fingerprint density at radius 3 is 2.11 bits per heavy atom. The molecule has 0 unspecified atom stereocenters. The lowest BCUT2D eigenvalue weighted by Crippen LogP contribution is -2.11. The summed E-state index contributed by atoms with van der Waals surface area (Å²) in [6, 6.07) is 1.74. The van der Waals surface area contributed by atoms with Crippen LogP contribution in [0.25, 0.3) is 10.1 Å². The summed E-state index contributed by atoms with van der Waals surface area (Å²) in [5.74, 6) is -0.848. The van der Waals surface area contributed by atoms with Gasteiger partial charge in [0, 0.05) is 4.70 Å². The number of hydrogen-bond acceptors (Lipinski definition) is 1. The maximum absolute atomic E-state index is 13.4. The molecule has 98 valence electrons. The molecule has 18 heavy (non-hydrogen) atoms. The molecule has 0 spiro atoms. The Labute approximate surface area is 106 Å².